The summed E-state index contributed by atoms with van der Waals surface area (Å²) >= 11 is 7.01. The maximum absolute atomic E-state index is 13.5. The minimum absolute atomic E-state index is 0.181. The Bertz CT molecular complexity index is 575. The molecular weight excluding hydrogens is 299 g/mol. The second-order valence-corrected chi connectivity index (χ2v) is 5.05. The zero-order valence-corrected chi connectivity index (χ0v) is 12.0. The van der Waals surface area contributed by atoms with Gasteiger partial charge in [0.15, 0.2) is 0 Å². The molecular formula is C14H12ClFN2OS. The highest BCUT2D eigenvalue weighted by Gasteiger charge is 2.07. The fourth-order valence-electron chi connectivity index (χ4n) is 1.50. The van der Waals surface area contributed by atoms with Crippen LogP contribution >= 0.6 is 23.5 Å². The molecule has 20 heavy (non-hydrogen) atoms. The predicted octanol–water partition coefficient (Wildman–Crippen LogP) is 3.93. The third-order valence-corrected chi connectivity index (χ3v) is 3.43. The number of halogens is 2. The van der Waals surface area contributed by atoms with Gasteiger partial charge in [0.1, 0.15) is 5.82 Å². The van der Waals surface area contributed by atoms with Crippen LogP contribution in [-0.2, 0) is 0 Å². The minimum Gasteiger partial charge on any atom is -0.341 e. The van der Waals surface area contributed by atoms with Crippen molar-refractivity contribution >= 4 is 35.1 Å². The summed E-state index contributed by atoms with van der Waals surface area (Å²) < 4.78 is 16.2. The van der Waals surface area contributed by atoms with Crippen molar-refractivity contribution < 1.29 is 9.18 Å². The van der Waals surface area contributed by atoms with Crippen molar-refractivity contribution in [3.63, 3.8) is 0 Å². The molecule has 0 bridgehead atoms. The van der Waals surface area contributed by atoms with Crippen LogP contribution < -0.4 is 10.0 Å². The maximum atomic E-state index is 13.5. The molecule has 0 heterocycles. The summed E-state index contributed by atoms with van der Waals surface area (Å²) in [6.45, 7) is 0. The number of para-hydroxylation sites is 1. The number of benzene rings is 2. The van der Waals surface area contributed by atoms with Crippen LogP contribution in [0.25, 0.3) is 0 Å². The zero-order chi connectivity index (χ0) is 14.4. The van der Waals surface area contributed by atoms with Gasteiger partial charge in [-0.15, -0.1) is 0 Å². The molecule has 6 heteroatoms. The number of hydrogen-bond donors (Lipinski definition) is 2. The third kappa shape index (κ3) is 3.88. The molecule has 2 aromatic carbocycles. The molecule has 0 unspecified atom stereocenters. The third-order valence-electron chi connectivity index (χ3n) is 2.48. The molecule has 0 aliphatic heterocycles. The van der Waals surface area contributed by atoms with Crippen LogP contribution in [0.15, 0.2) is 48.5 Å². The standard InChI is InChI=1S/C14H12ClFN2OS/c15-11-7-4-8-12(16)13(11)18-20-9-17-14(19)10-5-2-1-3-6-10/h1-8,18H,9H2,(H,17,19). The van der Waals surface area contributed by atoms with E-state index in [1.807, 2.05) is 6.07 Å². The Morgan fingerprint density at radius 1 is 1.15 bits per heavy atom. The maximum Gasteiger partial charge on any atom is 0.251 e. The van der Waals surface area contributed by atoms with Crippen molar-refractivity contribution in [2.75, 3.05) is 10.6 Å². The van der Waals surface area contributed by atoms with E-state index in [2.05, 4.69) is 10.0 Å². The van der Waals surface area contributed by atoms with Crippen molar-refractivity contribution in [1.29, 1.82) is 0 Å². The van der Waals surface area contributed by atoms with E-state index >= 15 is 0 Å². The van der Waals surface area contributed by atoms with Crippen LogP contribution in [0.1, 0.15) is 10.4 Å². The van der Waals surface area contributed by atoms with E-state index in [4.69, 9.17) is 11.6 Å². The molecule has 2 rings (SSSR count). The smallest absolute Gasteiger partial charge is 0.251 e. The first-order chi connectivity index (χ1) is 9.68. The lowest BCUT2D eigenvalue weighted by Crippen LogP contribution is -2.23. The molecule has 2 N–H and O–H groups in total. The van der Waals surface area contributed by atoms with Gasteiger partial charge in [-0.25, -0.2) is 4.39 Å². The van der Waals surface area contributed by atoms with Crippen LogP contribution in [0.3, 0.4) is 0 Å². The lowest BCUT2D eigenvalue weighted by molar-refractivity contribution is 0.0961. The van der Waals surface area contributed by atoms with Gasteiger partial charge in [0.2, 0.25) is 0 Å². The van der Waals surface area contributed by atoms with Crippen LogP contribution in [0, 0.1) is 5.82 Å². The van der Waals surface area contributed by atoms with E-state index in [1.165, 1.54) is 12.1 Å². The molecule has 0 spiro atoms. The number of nitrogens with one attached hydrogen (secondary N) is 2. The summed E-state index contributed by atoms with van der Waals surface area (Å²) in [7, 11) is 0. The van der Waals surface area contributed by atoms with E-state index in [1.54, 1.807) is 30.3 Å². The molecule has 0 fully saturated rings. The normalized spacial score (nSPS) is 10.1. The SMILES string of the molecule is O=C(NCSNc1c(F)cccc1Cl)c1ccccc1. The molecule has 104 valence electrons. The van der Waals surface area contributed by atoms with Gasteiger partial charge < -0.3 is 10.0 Å². The summed E-state index contributed by atoms with van der Waals surface area (Å²) in [6, 6.07) is 13.3. The predicted molar refractivity (Wildman–Crippen MR) is 81.4 cm³/mol. The Hall–Kier alpha value is -1.72. The van der Waals surface area contributed by atoms with Gasteiger partial charge in [-0.1, -0.05) is 35.9 Å². The molecule has 0 atom stereocenters. The van der Waals surface area contributed by atoms with Crippen molar-refractivity contribution in [1.82, 2.24) is 5.32 Å². The minimum atomic E-state index is -0.431. The average molecular weight is 311 g/mol. The Morgan fingerprint density at radius 3 is 2.60 bits per heavy atom. The molecule has 0 aromatic heterocycles. The van der Waals surface area contributed by atoms with E-state index in [0.29, 0.717) is 16.5 Å². The van der Waals surface area contributed by atoms with E-state index in [0.717, 1.165) is 11.9 Å². The fourth-order valence-corrected chi connectivity index (χ4v) is 2.39. The second-order valence-electron chi connectivity index (χ2n) is 3.86. The lowest BCUT2D eigenvalue weighted by atomic mass is 10.2. The second kappa shape index (κ2) is 7.17. The van der Waals surface area contributed by atoms with Gasteiger partial charge >= 0.3 is 0 Å². The number of hydrogen-bond acceptors (Lipinski definition) is 3. The summed E-state index contributed by atoms with van der Waals surface area (Å²) in [4.78, 5) is 11.7. The summed E-state index contributed by atoms with van der Waals surface area (Å²) in [5, 5.41) is 3.00. The molecule has 0 radical (unpaired) electrons. The largest absolute Gasteiger partial charge is 0.341 e. The highest BCUT2D eigenvalue weighted by Crippen LogP contribution is 2.26. The summed E-state index contributed by atoms with van der Waals surface area (Å²) in [5.41, 5.74) is 0.796. The molecule has 2 aromatic rings. The van der Waals surface area contributed by atoms with Crippen LogP contribution in [0.2, 0.25) is 5.02 Å². The summed E-state index contributed by atoms with van der Waals surface area (Å²) in [5.74, 6) is -0.322. The van der Waals surface area contributed by atoms with Crippen LogP contribution in [0.4, 0.5) is 10.1 Å². The van der Waals surface area contributed by atoms with Crippen molar-refractivity contribution in [3.8, 4) is 0 Å². The first-order valence-electron chi connectivity index (χ1n) is 5.83. The molecule has 3 nitrogen and oxygen atoms in total. The van der Waals surface area contributed by atoms with Gasteiger partial charge in [-0.05, 0) is 36.2 Å². The first-order valence-corrected chi connectivity index (χ1v) is 7.20. The van der Waals surface area contributed by atoms with E-state index in [-0.39, 0.29) is 11.6 Å². The number of amides is 1. The molecule has 0 saturated heterocycles. The van der Waals surface area contributed by atoms with E-state index in [9.17, 15) is 9.18 Å². The number of anilines is 1. The van der Waals surface area contributed by atoms with Gasteiger partial charge in [0.05, 0.1) is 16.6 Å². The van der Waals surface area contributed by atoms with Gasteiger partial charge in [0.25, 0.3) is 5.91 Å². The molecule has 1 amide bonds. The van der Waals surface area contributed by atoms with Crippen molar-refractivity contribution in [3.05, 3.63) is 64.9 Å². The average Bonchev–Trinajstić information content (AvgIpc) is 2.46. The Kier molecular flexibility index (Phi) is 5.26. The molecule has 0 aliphatic carbocycles. The quantitative estimate of drug-likeness (QED) is 0.499. The van der Waals surface area contributed by atoms with Gasteiger partial charge in [0, 0.05) is 5.56 Å². The Balaban J connectivity index is 1.81. The Morgan fingerprint density at radius 2 is 1.90 bits per heavy atom. The summed E-state index contributed by atoms with van der Waals surface area (Å²) in [6.07, 6.45) is 0. The van der Waals surface area contributed by atoms with Crippen molar-refractivity contribution in [2.45, 2.75) is 0 Å². The lowest BCUT2D eigenvalue weighted by Gasteiger charge is -2.09. The number of carbonyl (C=O) groups is 1. The van der Waals surface area contributed by atoms with Crippen LogP contribution in [0.5, 0.6) is 0 Å². The topological polar surface area (TPSA) is 41.1 Å². The highest BCUT2D eigenvalue weighted by atomic mass is 35.5. The monoisotopic (exact) mass is 310 g/mol. The van der Waals surface area contributed by atoms with Crippen LogP contribution in [-0.4, -0.2) is 11.8 Å². The van der Waals surface area contributed by atoms with Crippen molar-refractivity contribution in [2.24, 2.45) is 0 Å². The van der Waals surface area contributed by atoms with Gasteiger partial charge in [-0.2, -0.15) is 0 Å². The zero-order valence-electron chi connectivity index (χ0n) is 10.4. The molecule has 0 saturated carbocycles. The fraction of sp³-hybridized carbons (Fsp3) is 0.0714. The number of rotatable bonds is 5. The highest BCUT2D eigenvalue weighted by molar-refractivity contribution is 8.00. The Labute approximate surface area is 125 Å². The van der Waals surface area contributed by atoms with E-state index < -0.39 is 5.82 Å². The van der Waals surface area contributed by atoms with Gasteiger partial charge in [-0.3, -0.25) is 4.79 Å². The first kappa shape index (κ1) is 14.7. The number of carbonyl (C=O) groups excluding carboxylic acids is 1. The molecule has 0 aliphatic rings.